The summed E-state index contributed by atoms with van der Waals surface area (Å²) in [7, 11) is -4.25. The topological polar surface area (TPSA) is 141 Å². The van der Waals surface area contributed by atoms with Crippen molar-refractivity contribution in [1.29, 1.82) is 0 Å². The highest BCUT2D eigenvalue weighted by molar-refractivity contribution is 7.89. The van der Waals surface area contributed by atoms with Gasteiger partial charge in [-0.15, -0.1) is 0 Å². The summed E-state index contributed by atoms with van der Waals surface area (Å²) in [6.45, 7) is 3.13. The van der Waals surface area contributed by atoms with Crippen molar-refractivity contribution >= 4 is 22.0 Å². The average Bonchev–Trinajstić information content (AvgIpc) is 2.38. The molecule has 1 saturated carbocycles. The van der Waals surface area contributed by atoms with Gasteiger partial charge in [0, 0.05) is 12.8 Å². The Balaban J connectivity index is 2.45. The molecule has 8 nitrogen and oxygen atoms in total. The fourth-order valence-corrected chi connectivity index (χ4v) is 4.06. The van der Waals surface area contributed by atoms with E-state index in [2.05, 4.69) is 4.72 Å². The molecule has 0 radical (unpaired) electrons. The van der Waals surface area contributed by atoms with Crippen molar-refractivity contribution in [2.75, 3.05) is 0 Å². The van der Waals surface area contributed by atoms with E-state index in [-0.39, 0.29) is 23.3 Å². The Kier molecular flexibility index (Phi) is 4.22. The first kappa shape index (κ1) is 17.4. The minimum Gasteiger partial charge on any atom is -0.480 e. The lowest BCUT2D eigenvalue weighted by molar-refractivity contribution is -0.153. The lowest BCUT2D eigenvalue weighted by Gasteiger charge is -2.41. The molecule has 2 rings (SSSR count). The Morgan fingerprint density at radius 2 is 1.78 bits per heavy atom. The molecule has 0 unspecified atom stereocenters. The van der Waals surface area contributed by atoms with Crippen LogP contribution < -0.4 is 4.72 Å². The molecule has 1 aromatic rings. The maximum absolute atomic E-state index is 12.4. The van der Waals surface area contributed by atoms with Gasteiger partial charge in [-0.3, -0.25) is 4.79 Å². The van der Waals surface area contributed by atoms with Gasteiger partial charge in [0.15, 0.2) is 0 Å². The number of aliphatic hydroxyl groups is 1. The molecule has 1 fully saturated rings. The number of nitrogens with one attached hydrogen (secondary N) is 1. The van der Waals surface area contributed by atoms with Crippen LogP contribution in [0.3, 0.4) is 0 Å². The quantitative estimate of drug-likeness (QED) is 0.601. The summed E-state index contributed by atoms with van der Waals surface area (Å²) in [5, 5.41) is 27.7. The van der Waals surface area contributed by atoms with Crippen molar-refractivity contribution in [3.05, 3.63) is 28.8 Å². The summed E-state index contributed by atoms with van der Waals surface area (Å²) >= 11 is 0. The molecule has 1 aliphatic carbocycles. The number of hydrogen-bond acceptors (Lipinski definition) is 5. The van der Waals surface area contributed by atoms with E-state index in [0.717, 1.165) is 6.07 Å². The Hall–Kier alpha value is -1.97. The van der Waals surface area contributed by atoms with E-state index in [1.54, 1.807) is 13.8 Å². The number of aliphatic carboxylic acids is 1. The third kappa shape index (κ3) is 3.07. The van der Waals surface area contributed by atoms with Crippen LogP contribution in [-0.2, 0) is 14.8 Å². The van der Waals surface area contributed by atoms with Gasteiger partial charge in [-0.25, -0.2) is 13.2 Å². The average molecular weight is 343 g/mol. The number of hydrogen-bond donors (Lipinski definition) is 4. The lowest BCUT2D eigenvalue weighted by atomic mass is 9.75. The summed E-state index contributed by atoms with van der Waals surface area (Å²) in [6.07, 6.45) is -1.36. The van der Waals surface area contributed by atoms with Gasteiger partial charge in [0.25, 0.3) is 0 Å². The van der Waals surface area contributed by atoms with Crippen molar-refractivity contribution < 1.29 is 33.3 Å². The van der Waals surface area contributed by atoms with Crippen LogP contribution in [0.25, 0.3) is 0 Å². The van der Waals surface area contributed by atoms with Crippen LogP contribution in [0.5, 0.6) is 0 Å². The van der Waals surface area contributed by atoms with Gasteiger partial charge in [-0.1, -0.05) is 0 Å². The summed E-state index contributed by atoms with van der Waals surface area (Å²) in [4.78, 5) is 22.2. The Morgan fingerprint density at radius 3 is 2.22 bits per heavy atom. The van der Waals surface area contributed by atoms with E-state index in [0.29, 0.717) is 11.1 Å². The molecule has 0 saturated heterocycles. The van der Waals surface area contributed by atoms with E-state index in [4.69, 9.17) is 5.11 Å². The van der Waals surface area contributed by atoms with E-state index >= 15 is 0 Å². The summed E-state index contributed by atoms with van der Waals surface area (Å²) in [5.74, 6) is -2.65. The first-order valence-corrected chi connectivity index (χ1v) is 8.27. The molecule has 1 aromatic carbocycles. The predicted molar refractivity (Wildman–Crippen MR) is 78.8 cm³/mol. The predicted octanol–water partition coefficient (Wildman–Crippen LogP) is 0.258. The first-order valence-electron chi connectivity index (χ1n) is 6.78. The highest BCUT2D eigenvalue weighted by Crippen LogP contribution is 2.34. The molecule has 9 heteroatoms. The van der Waals surface area contributed by atoms with Crippen LogP contribution in [0, 0.1) is 13.8 Å². The number of carboxylic acids is 2. The normalized spacial score (nSPS) is 24.0. The molecule has 4 N–H and O–H groups in total. The number of sulfonamides is 1. The molecule has 0 heterocycles. The molecule has 0 bridgehead atoms. The van der Waals surface area contributed by atoms with Crippen LogP contribution >= 0.6 is 0 Å². The van der Waals surface area contributed by atoms with Crippen LogP contribution in [0.15, 0.2) is 17.0 Å². The fraction of sp³-hybridized carbons (Fsp3) is 0.429. The zero-order valence-electron chi connectivity index (χ0n) is 12.5. The highest BCUT2D eigenvalue weighted by atomic mass is 32.2. The molecule has 126 valence electrons. The summed E-state index contributed by atoms with van der Waals surface area (Å²) in [5.41, 5.74) is -1.03. The van der Waals surface area contributed by atoms with Crippen LogP contribution in [0.1, 0.15) is 34.3 Å². The molecule has 0 atom stereocenters. The number of carbonyl (C=O) groups is 2. The maximum Gasteiger partial charge on any atom is 0.336 e. The van der Waals surface area contributed by atoms with Gasteiger partial charge in [0.05, 0.1) is 16.6 Å². The van der Waals surface area contributed by atoms with Crippen LogP contribution in [-0.4, -0.2) is 47.3 Å². The third-order valence-electron chi connectivity index (χ3n) is 4.09. The molecule has 0 aromatic heterocycles. The zero-order chi connectivity index (χ0) is 17.6. The molecular formula is C14H17NO7S. The second kappa shape index (κ2) is 5.59. The fourth-order valence-electron chi connectivity index (χ4n) is 2.57. The molecule has 0 aliphatic heterocycles. The smallest absolute Gasteiger partial charge is 0.336 e. The van der Waals surface area contributed by atoms with E-state index < -0.39 is 33.6 Å². The number of aryl methyl sites for hydroxylation is 1. The van der Waals surface area contributed by atoms with Gasteiger partial charge < -0.3 is 15.3 Å². The van der Waals surface area contributed by atoms with Gasteiger partial charge in [-0.2, -0.15) is 4.72 Å². The summed E-state index contributed by atoms with van der Waals surface area (Å²) in [6, 6.07) is 2.28. The van der Waals surface area contributed by atoms with E-state index in [1.807, 2.05) is 0 Å². The molecule has 23 heavy (non-hydrogen) atoms. The van der Waals surface area contributed by atoms with Gasteiger partial charge >= 0.3 is 11.9 Å². The molecular weight excluding hydrogens is 326 g/mol. The van der Waals surface area contributed by atoms with Gasteiger partial charge in [-0.05, 0) is 37.1 Å². The van der Waals surface area contributed by atoms with Crippen molar-refractivity contribution in [2.24, 2.45) is 0 Å². The number of aromatic carboxylic acids is 1. The lowest BCUT2D eigenvalue weighted by Crippen LogP contribution is -2.64. The van der Waals surface area contributed by atoms with Gasteiger partial charge in [0.1, 0.15) is 5.54 Å². The molecule has 1 aliphatic rings. The highest BCUT2D eigenvalue weighted by Gasteiger charge is 2.52. The third-order valence-corrected chi connectivity index (χ3v) is 5.60. The van der Waals surface area contributed by atoms with Crippen LogP contribution in [0.4, 0.5) is 0 Å². The minimum absolute atomic E-state index is 0.164. The maximum atomic E-state index is 12.4. The number of benzene rings is 1. The standard InChI is InChI=1S/C14H17NO7S/c1-7-3-10(4-11(8(7)2)12(17)18)23(21,22)15-14(13(19)20)5-9(16)6-14/h3-4,9,15-16H,5-6H2,1-2H3,(H,17,18)(H,19,20). The Bertz CT molecular complexity index is 779. The monoisotopic (exact) mass is 343 g/mol. The molecule has 0 spiro atoms. The number of carboxylic acid groups (broad SMARTS) is 2. The minimum atomic E-state index is -4.25. The van der Waals surface area contributed by atoms with E-state index in [1.165, 1.54) is 6.07 Å². The SMILES string of the molecule is Cc1cc(S(=O)(=O)NC2(C(=O)O)CC(O)C2)cc(C(=O)O)c1C. The van der Waals surface area contributed by atoms with Crippen molar-refractivity contribution in [3.63, 3.8) is 0 Å². The Morgan fingerprint density at radius 1 is 1.22 bits per heavy atom. The first-order chi connectivity index (χ1) is 10.5. The van der Waals surface area contributed by atoms with Crippen LogP contribution in [0.2, 0.25) is 0 Å². The zero-order valence-corrected chi connectivity index (χ0v) is 13.3. The van der Waals surface area contributed by atoms with E-state index in [9.17, 15) is 28.2 Å². The largest absolute Gasteiger partial charge is 0.480 e. The van der Waals surface area contributed by atoms with Crippen molar-refractivity contribution in [2.45, 2.75) is 43.2 Å². The van der Waals surface area contributed by atoms with Gasteiger partial charge in [0.2, 0.25) is 10.0 Å². The number of rotatable bonds is 5. The second-order valence-electron chi connectivity index (χ2n) is 5.77. The van der Waals surface area contributed by atoms with Crippen molar-refractivity contribution in [3.8, 4) is 0 Å². The number of aliphatic hydroxyl groups excluding tert-OH is 1. The van der Waals surface area contributed by atoms with Crippen molar-refractivity contribution in [1.82, 2.24) is 4.72 Å². The second-order valence-corrected chi connectivity index (χ2v) is 7.46. The molecule has 0 amide bonds. The Labute approximate surface area is 132 Å². The summed E-state index contributed by atoms with van der Waals surface area (Å²) < 4.78 is 27.0.